The molecule has 0 saturated heterocycles. The van der Waals surface area contributed by atoms with Gasteiger partial charge in [0.05, 0.1) is 5.75 Å². The topological polar surface area (TPSA) is 54.4 Å². The minimum absolute atomic E-state index is 0.0255. The first kappa shape index (κ1) is 13.5. The van der Waals surface area contributed by atoms with Gasteiger partial charge in [-0.1, -0.05) is 18.2 Å². The zero-order chi connectivity index (χ0) is 13.1. The van der Waals surface area contributed by atoms with Gasteiger partial charge in [-0.2, -0.15) is 0 Å². The van der Waals surface area contributed by atoms with E-state index in [1.54, 1.807) is 12.1 Å². The van der Waals surface area contributed by atoms with Crippen LogP contribution in [-0.4, -0.2) is 14.0 Å². The van der Waals surface area contributed by atoms with Crippen molar-refractivity contribution in [3.8, 4) is 0 Å². The van der Waals surface area contributed by atoms with Gasteiger partial charge >= 0.3 is 0 Å². The summed E-state index contributed by atoms with van der Waals surface area (Å²) >= 11 is 3.51. The highest BCUT2D eigenvalue weighted by Gasteiger charge is 2.18. The molecular weight excluding hydrogens is 272 g/mol. The van der Waals surface area contributed by atoms with Crippen LogP contribution in [0.2, 0.25) is 0 Å². The monoisotopic (exact) mass is 284 g/mol. The Bertz CT molecular complexity index is 525. The van der Waals surface area contributed by atoms with Crippen molar-refractivity contribution >= 4 is 27.9 Å². The van der Waals surface area contributed by atoms with Crippen LogP contribution in [0.4, 0.5) is 0 Å². The number of carbonyl (C=O) groups is 1. The SMILES string of the molecule is O=C(Cl)c1ccc(C2C=CCC2)c(CS(=O)O)c1. The number of benzene rings is 1. The van der Waals surface area contributed by atoms with Gasteiger partial charge in [-0.15, -0.1) is 0 Å². The van der Waals surface area contributed by atoms with E-state index < -0.39 is 16.3 Å². The maximum absolute atomic E-state index is 11.1. The van der Waals surface area contributed by atoms with Crippen molar-refractivity contribution < 1.29 is 13.6 Å². The zero-order valence-electron chi connectivity index (χ0n) is 9.64. The fraction of sp³-hybridized carbons (Fsp3) is 0.308. The van der Waals surface area contributed by atoms with Crippen LogP contribution in [-0.2, 0) is 16.8 Å². The second-order valence-electron chi connectivity index (χ2n) is 4.27. The third kappa shape index (κ3) is 3.07. The number of halogens is 1. The molecule has 1 aliphatic rings. The second kappa shape index (κ2) is 5.78. The lowest BCUT2D eigenvalue weighted by molar-refractivity contribution is 0.108. The summed E-state index contributed by atoms with van der Waals surface area (Å²) in [5.41, 5.74) is 2.09. The summed E-state index contributed by atoms with van der Waals surface area (Å²) < 4.78 is 20.0. The highest BCUT2D eigenvalue weighted by molar-refractivity contribution is 7.78. The summed E-state index contributed by atoms with van der Waals surface area (Å²) in [6.07, 6.45) is 6.22. The van der Waals surface area contributed by atoms with Gasteiger partial charge in [-0.3, -0.25) is 4.79 Å². The maximum Gasteiger partial charge on any atom is 0.252 e. The third-order valence-electron chi connectivity index (χ3n) is 3.06. The molecule has 0 amide bonds. The Hall–Kier alpha value is -0.970. The minimum Gasteiger partial charge on any atom is -0.306 e. The maximum atomic E-state index is 11.1. The molecule has 5 heteroatoms. The lowest BCUT2D eigenvalue weighted by atomic mass is 9.93. The first-order valence-corrected chi connectivity index (χ1v) is 7.30. The fourth-order valence-corrected chi connectivity index (χ4v) is 2.87. The van der Waals surface area contributed by atoms with Crippen LogP contribution in [0.25, 0.3) is 0 Å². The highest BCUT2D eigenvalue weighted by Crippen LogP contribution is 2.31. The molecule has 0 heterocycles. The molecule has 1 aliphatic carbocycles. The Labute approximate surface area is 113 Å². The quantitative estimate of drug-likeness (QED) is 0.525. The molecule has 1 N–H and O–H groups in total. The average molecular weight is 285 g/mol. The third-order valence-corrected chi connectivity index (χ3v) is 3.84. The van der Waals surface area contributed by atoms with Crippen LogP contribution in [0, 0.1) is 0 Å². The van der Waals surface area contributed by atoms with Crippen molar-refractivity contribution in [1.29, 1.82) is 0 Å². The van der Waals surface area contributed by atoms with Gasteiger partial charge in [0.2, 0.25) is 0 Å². The van der Waals surface area contributed by atoms with Crippen molar-refractivity contribution in [3.63, 3.8) is 0 Å². The van der Waals surface area contributed by atoms with E-state index in [-0.39, 0.29) is 11.7 Å². The van der Waals surface area contributed by atoms with Crippen LogP contribution in [0.3, 0.4) is 0 Å². The van der Waals surface area contributed by atoms with Crippen LogP contribution >= 0.6 is 11.6 Å². The smallest absolute Gasteiger partial charge is 0.252 e. The Morgan fingerprint density at radius 1 is 1.50 bits per heavy atom. The number of hydrogen-bond donors (Lipinski definition) is 1. The molecule has 2 unspecified atom stereocenters. The summed E-state index contributed by atoms with van der Waals surface area (Å²) in [5, 5.41) is -0.548. The zero-order valence-corrected chi connectivity index (χ0v) is 11.2. The molecule has 2 rings (SSSR count). The Balaban J connectivity index is 2.40. The number of carbonyl (C=O) groups excluding carboxylic acids is 1. The van der Waals surface area contributed by atoms with Gasteiger partial charge in [0.25, 0.3) is 5.24 Å². The van der Waals surface area contributed by atoms with E-state index in [2.05, 4.69) is 12.2 Å². The van der Waals surface area contributed by atoms with E-state index in [1.165, 1.54) is 0 Å². The number of rotatable bonds is 4. The molecular formula is C13H13ClO3S. The summed E-state index contributed by atoms with van der Waals surface area (Å²) in [7, 11) is 0. The number of hydrogen-bond acceptors (Lipinski definition) is 2. The molecule has 0 radical (unpaired) electrons. The Morgan fingerprint density at radius 2 is 2.28 bits per heavy atom. The largest absolute Gasteiger partial charge is 0.306 e. The Morgan fingerprint density at radius 3 is 2.83 bits per heavy atom. The van der Waals surface area contributed by atoms with E-state index in [1.807, 2.05) is 6.07 Å². The predicted molar refractivity (Wildman–Crippen MR) is 72.2 cm³/mol. The summed E-state index contributed by atoms with van der Waals surface area (Å²) in [4.78, 5) is 11.1. The molecule has 0 spiro atoms. The first-order valence-electron chi connectivity index (χ1n) is 5.64. The standard InChI is InChI=1S/C13H13ClO3S/c14-13(15)10-5-6-12(9-3-1-2-4-9)11(7-10)8-18(16)17/h1,3,5-7,9H,2,4,8H2,(H,16,17). The normalized spacial score (nSPS) is 20.0. The average Bonchev–Trinajstić information content (AvgIpc) is 2.81. The van der Waals surface area contributed by atoms with E-state index >= 15 is 0 Å². The predicted octanol–water partition coefficient (Wildman–Crippen LogP) is 3.22. The minimum atomic E-state index is -1.93. The second-order valence-corrected chi connectivity index (χ2v) is 5.54. The Kier molecular flexibility index (Phi) is 4.32. The van der Waals surface area contributed by atoms with Gasteiger partial charge < -0.3 is 4.55 Å². The molecule has 18 heavy (non-hydrogen) atoms. The molecule has 3 nitrogen and oxygen atoms in total. The summed E-state index contributed by atoms with van der Waals surface area (Å²) in [6, 6.07) is 5.11. The molecule has 0 aromatic heterocycles. The van der Waals surface area contributed by atoms with Crippen molar-refractivity contribution in [3.05, 3.63) is 47.0 Å². The van der Waals surface area contributed by atoms with E-state index in [9.17, 15) is 9.00 Å². The van der Waals surface area contributed by atoms with E-state index in [0.29, 0.717) is 5.56 Å². The fourth-order valence-electron chi connectivity index (χ4n) is 2.24. The molecule has 0 fully saturated rings. The molecule has 96 valence electrons. The van der Waals surface area contributed by atoms with Crippen LogP contribution < -0.4 is 0 Å². The van der Waals surface area contributed by atoms with Crippen molar-refractivity contribution in [2.75, 3.05) is 0 Å². The summed E-state index contributed by atoms with van der Waals surface area (Å²) in [6.45, 7) is 0. The van der Waals surface area contributed by atoms with Crippen molar-refractivity contribution in [2.24, 2.45) is 0 Å². The first-order chi connectivity index (χ1) is 8.58. The molecule has 1 aromatic rings. The van der Waals surface area contributed by atoms with E-state index in [4.69, 9.17) is 16.2 Å². The van der Waals surface area contributed by atoms with E-state index in [0.717, 1.165) is 24.0 Å². The van der Waals surface area contributed by atoms with Gasteiger partial charge in [-0.05, 0) is 47.7 Å². The van der Waals surface area contributed by atoms with Crippen LogP contribution in [0.1, 0.15) is 40.2 Å². The van der Waals surface area contributed by atoms with Gasteiger partial charge in [0.1, 0.15) is 0 Å². The van der Waals surface area contributed by atoms with Crippen molar-refractivity contribution in [1.82, 2.24) is 0 Å². The molecule has 0 saturated carbocycles. The lowest BCUT2D eigenvalue weighted by Gasteiger charge is -2.14. The van der Waals surface area contributed by atoms with Gasteiger partial charge in [0, 0.05) is 11.5 Å². The van der Waals surface area contributed by atoms with Crippen molar-refractivity contribution in [2.45, 2.75) is 24.5 Å². The molecule has 2 atom stereocenters. The van der Waals surface area contributed by atoms with Crippen LogP contribution in [0.5, 0.6) is 0 Å². The highest BCUT2D eigenvalue weighted by atomic mass is 35.5. The lowest BCUT2D eigenvalue weighted by Crippen LogP contribution is -2.04. The molecule has 0 bridgehead atoms. The molecule has 0 aliphatic heterocycles. The van der Waals surface area contributed by atoms with Crippen LogP contribution in [0.15, 0.2) is 30.4 Å². The summed E-state index contributed by atoms with van der Waals surface area (Å²) in [5.74, 6) is 0.292. The van der Waals surface area contributed by atoms with Gasteiger partial charge in [0.15, 0.2) is 11.1 Å². The number of allylic oxidation sites excluding steroid dienone is 2. The van der Waals surface area contributed by atoms with Gasteiger partial charge in [-0.25, -0.2) is 4.21 Å². The molecule has 1 aromatic carbocycles.